The standard InChI is InChI=1S/C17H16N2O4/c20-17(18-11-5-6-15-16(9-11)23-10-22-15)19-13-7-8-21-14-4-2-1-3-12(13)14/h1-6,9,13H,7-8,10H2,(H2,18,19,20)/t13-/m0/s1. The van der Waals surface area contributed by atoms with Crippen molar-refractivity contribution in [2.24, 2.45) is 0 Å². The van der Waals surface area contributed by atoms with Crippen molar-refractivity contribution in [3.05, 3.63) is 48.0 Å². The SMILES string of the molecule is O=C(Nc1ccc2c(c1)OCO2)N[C@H]1CCOc2ccccc21. The lowest BCUT2D eigenvalue weighted by molar-refractivity contribution is 0.174. The van der Waals surface area contributed by atoms with Crippen molar-refractivity contribution in [3.8, 4) is 17.2 Å². The van der Waals surface area contributed by atoms with E-state index in [0.717, 1.165) is 17.7 Å². The van der Waals surface area contributed by atoms with E-state index in [1.165, 1.54) is 0 Å². The first-order chi connectivity index (χ1) is 11.3. The van der Waals surface area contributed by atoms with Gasteiger partial charge < -0.3 is 24.8 Å². The van der Waals surface area contributed by atoms with Crippen molar-refractivity contribution in [2.75, 3.05) is 18.7 Å². The van der Waals surface area contributed by atoms with E-state index in [9.17, 15) is 4.79 Å². The van der Waals surface area contributed by atoms with Crippen molar-refractivity contribution >= 4 is 11.7 Å². The van der Waals surface area contributed by atoms with Crippen LogP contribution in [0.2, 0.25) is 0 Å². The molecule has 23 heavy (non-hydrogen) atoms. The Hall–Kier alpha value is -2.89. The van der Waals surface area contributed by atoms with Crippen LogP contribution in [-0.4, -0.2) is 19.4 Å². The molecule has 2 aromatic carbocycles. The van der Waals surface area contributed by atoms with Crippen LogP contribution in [0.25, 0.3) is 0 Å². The van der Waals surface area contributed by atoms with E-state index in [0.29, 0.717) is 23.8 Å². The average Bonchev–Trinajstić information content (AvgIpc) is 3.03. The minimum Gasteiger partial charge on any atom is -0.493 e. The summed E-state index contributed by atoms with van der Waals surface area (Å²) in [6, 6.07) is 12.7. The molecule has 4 rings (SSSR count). The van der Waals surface area contributed by atoms with Crippen LogP contribution in [0.3, 0.4) is 0 Å². The molecule has 0 radical (unpaired) electrons. The van der Waals surface area contributed by atoms with Crippen molar-refractivity contribution in [1.82, 2.24) is 5.32 Å². The molecule has 2 aliphatic heterocycles. The van der Waals surface area contributed by atoms with E-state index in [-0.39, 0.29) is 18.9 Å². The number of benzene rings is 2. The second-order valence-corrected chi connectivity index (χ2v) is 5.39. The molecule has 0 aliphatic carbocycles. The number of carbonyl (C=O) groups is 1. The van der Waals surface area contributed by atoms with Crippen LogP contribution >= 0.6 is 0 Å². The molecule has 2 heterocycles. The summed E-state index contributed by atoms with van der Waals surface area (Å²) in [5, 5.41) is 5.81. The van der Waals surface area contributed by atoms with Crippen LogP contribution < -0.4 is 24.8 Å². The third-order valence-electron chi connectivity index (χ3n) is 3.89. The first-order valence-electron chi connectivity index (χ1n) is 7.48. The van der Waals surface area contributed by atoms with Gasteiger partial charge in [0.2, 0.25) is 6.79 Å². The number of para-hydroxylation sites is 1. The Morgan fingerprint density at radius 1 is 1.00 bits per heavy atom. The predicted molar refractivity (Wildman–Crippen MR) is 84.0 cm³/mol. The lowest BCUT2D eigenvalue weighted by Gasteiger charge is -2.26. The first-order valence-corrected chi connectivity index (χ1v) is 7.48. The fourth-order valence-electron chi connectivity index (χ4n) is 2.79. The summed E-state index contributed by atoms with van der Waals surface area (Å²) in [5.74, 6) is 2.15. The van der Waals surface area contributed by atoms with Gasteiger partial charge in [-0.3, -0.25) is 0 Å². The van der Waals surface area contributed by atoms with Gasteiger partial charge in [-0.25, -0.2) is 4.79 Å². The third-order valence-corrected chi connectivity index (χ3v) is 3.89. The van der Waals surface area contributed by atoms with Gasteiger partial charge in [0.15, 0.2) is 11.5 Å². The number of nitrogens with one attached hydrogen (secondary N) is 2. The minimum absolute atomic E-state index is 0.0611. The predicted octanol–water partition coefficient (Wildman–Crippen LogP) is 3.06. The molecule has 0 saturated heterocycles. The Bertz CT molecular complexity index is 747. The number of carbonyl (C=O) groups excluding carboxylic acids is 1. The van der Waals surface area contributed by atoms with Crippen molar-refractivity contribution in [2.45, 2.75) is 12.5 Å². The molecule has 6 heteroatoms. The van der Waals surface area contributed by atoms with Gasteiger partial charge >= 0.3 is 6.03 Å². The summed E-state index contributed by atoms with van der Waals surface area (Å²) in [4.78, 5) is 12.3. The summed E-state index contributed by atoms with van der Waals surface area (Å²) in [7, 11) is 0. The van der Waals surface area contributed by atoms with Gasteiger partial charge in [0, 0.05) is 23.7 Å². The Morgan fingerprint density at radius 2 is 1.87 bits per heavy atom. The van der Waals surface area contributed by atoms with E-state index in [1.807, 2.05) is 24.3 Å². The van der Waals surface area contributed by atoms with E-state index in [2.05, 4.69) is 10.6 Å². The van der Waals surface area contributed by atoms with Crippen LogP contribution in [0.4, 0.5) is 10.5 Å². The van der Waals surface area contributed by atoms with Gasteiger partial charge in [-0.1, -0.05) is 18.2 Å². The zero-order valence-corrected chi connectivity index (χ0v) is 12.4. The zero-order valence-electron chi connectivity index (χ0n) is 12.4. The summed E-state index contributed by atoms with van der Waals surface area (Å²) in [5.41, 5.74) is 1.66. The number of hydrogen-bond acceptors (Lipinski definition) is 4. The lowest BCUT2D eigenvalue weighted by atomic mass is 10.0. The summed E-state index contributed by atoms with van der Waals surface area (Å²) in [6.45, 7) is 0.801. The molecule has 0 saturated carbocycles. The molecule has 118 valence electrons. The monoisotopic (exact) mass is 312 g/mol. The molecule has 2 amide bonds. The normalized spacial score (nSPS) is 17.8. The number of amides is 2. The first kappa shape index (κ1) is 13.8. The highest BCUT2D eigenvalue weighted by atomic mass is 16.7. The topological polar surface area (TPSA) is 68.8 Å². The lowest BCUT2D eigenvalue weighted by Crippen LogP contribution is -2.35. The highest BCUT2D eigenvalue weighted by molar-refractivity contribution is 5.90. The molecule has 2 aliphatic rings. The third kappa shape index (κ3) is 2.75. The molecule has 0 fully saturated rings. The second-order valence-electron chi connectivity index (χ2n) is 5.39. The Kier molecular flexibility index (Phi) is 3.42. The Morgan fingerprint density at radius 3 is 2.83 bits per heavy atom. The average molecular weight is 312 g/mol. The van der Waals surface area contributed by atoms with Crippen molar-refractivity contribution in [1.29, 1.82) is 0 Å². The molecule has 0 unspecified atom stereocenters. The van der Waals surface area contributed by atoms with Gasteiger partial charge in [0.25, 0.3) is 0 Å². The van der Waals surface area contributed by atoms with E-state index in [4.69, 9.17) is 14.2 Å². The van der Waals surface area contributed by atoms with Gasteiger partial charge in [0.1, 0.15) is 5.75 Å². The van der Waals surface area contributed by atoms with Crippen LogP contribution in [0.1, 0.15) is 18.0 Å². The number of urea groups is 1. The minimum atomic E-state index is -0.259. The van der Waals surface area contributed by atoms with Crippen LogP contribution in [-0.2, 0) is 0 Å². The van der Waals surface area contributed by atoms with Crippen LogP contribution in [0.15, 0.2) is 42.5 Å². The molecular weight excluding hydrogens is 296 g/mol. The molecule has 0 spiro atoms. The number of ether oxygens (including phenoxy) is 3. The number of anilines is 1. The summed E-state index contributed by atoms with van der Waals surface area (Å²) < 4.78 is 16.2. The maximum atomic E-state index is 12.3. The summed E-state index contributed by atoms with van der Waals surface area (Å²) >= 11 is 0. The maximum absolute atomic E-state index is 12.3. The van der Waals surface area contributed by atoms with Gasteiger partial charge in [-0.2, -0.15) is 0 Å². The van der Waals surface area contributed by atoms with E-state index >= 15 is 0 Å². The van der Waals surface area contributed by atoms with Crippen LogP contribution in [0, 0.1) is 0 Å². The molecule has 0 aromatic heterocycles. The van der Waals surface area contributed by atoms with Gasteiger partial charge in [-0.15, -0.1) is 0 Å². The largest absolute Gasteiger partial charge is 0.493 e. The highest BCUT2D eigenvalue weighted by Crippen LogP contribution is 2.34. The second kappa shape index (κ2) is 5.72. The zero-order chi connectivity index (χ0) is 15.6. The number of hydrogen-bond donors (Lipinski definition) is 2. The quantitative estimate of drug-likeness (QED) is 0.894. The van der Waals surface area contributed by atoms with Gasteiger partial charge in [-0.05, 0) is 18.2 Å². The number of fused-ring (bicyclic) bond motifs is 2. The van der Waals surface area contributed by atoms with Crippen LogP contribution in [0.5, 0.6) is 17.2 Å². The highest BCUT2D eigenvalue weighted by Gasteiger charge is 2.23. The Balaban J connectivity index is 1.45. The molecular formula is C17H16N2O4. The molecule has 0 bridgehead atoms. The van der Waals surface area contributed by atoms with E-state index < -0.39 is 0 Å². The molecule has 1 atom stereocenters. The van der Waals surface area contributed by atoms with Gasteiger partial charge in [0.05, 0.1) is 12.6 Å². The van der Waals surface area contributed by atoms with Crippen molar-refractivity contribution < 1.29 is 19.0 Å². The molecule has 2 aromatic rings. The Labute approximate surface area is 133 Å². The summed E-state index contributed by atoms with van der Waals surface area (Å²) in [6.07, 6.45) is 0.742. The van der Waals surface area contributed by atoms with Crippen molar-refractivity contribution in [3.63, 3.8) is 0 Å². The van der Waals surface area contributed by atoms with E-state index in [1.54, 1.807) is 18.2 Å². The molecule has 2 N–H and O–H groups in total. The fraction of sp³-hybridized carbons (Fsp3) is 0.235. The fourth-order valence-corrected chi connectivity index (χ4v) is 2.79. The maximum Gasteiger partial charge on any atom is 0.319 e. The number of rotatable bonds is 2. The smallest absolute Gasteiger partial charge is 0.319 e. The molecule has 6 nitrogen and oxygen atoms in total.